The zero-order valence-electron chi connectivity index (χ0n) is 16.3. The first-order valence-corrected chi connectivity index (χ1v) is 11.9. The van der Waals surface area contributed by atoms with Gasteiger partial charge in [0.25, 0.3) is 0 Å². The van der Waals surface area contributed by atoms with Gasteiger partial charge in [0.1, 0.15) is 6.61 Å². The molecule has 26 heavy (non-hydrogen) atoms. The van der Waals surface area contributed by atoms with E-state index in [0.29, 0.717) is 11.3 Å². The molecule has 0 bridgehead atoms. The van der Waals surface area contributed by atoms with Crippen LogP contribution in [0.25, 0.3) is 0 Å². The predicted molar refractivity (Wildman–Crippen MR) is 108 cm³/mol. The van der Waals surface area contributed by atoms with Crippen LogP contribution in [0.1, 0.15) is 65.7 Å². The third kappa shape index (κ3) is 6.07. The topological polar surface area (TPSA) is 79.2 Å². The molecular formula is C19H35O5P2+. The Kier molecular flexibility index (Phi) is 8.25. The molecule has 2 aliphatic rings. The van der Waals surface area contributed by atoms with Gasteiger partial charge in [-0.25, -0.2) is 0 Å². The number of hydrogen-bond acceptors (Lipinski definition) is 5. The van der Waals surface area contributed by atoms with Gasteiger partial charge in [0.15, 0.2) is 0 Å². The summed E-state index contributed by atoms with van der Waals surface area (Å²) in [5, 5.41) is 0. The monoisotopic (exact) mass is 405 g/mol. The van der Waals surface area contributed by atoms with Gasteiger partial charge in [0.2, 0.25) is 9.03 Å². The quantitative estimate of drug-likeness (QED) is 0.376. The van der Waals surface area contributed by atoms with Crippen molar-refractivity contribution in [3.63, 3.8) is 0 Å². The van der Waals surface area contributed by atoms with E-state index in [-0.39, 0.29) is 6.61 Å². The molecule has 5 nitrogen and oxygen atoms in total. The van der Waals surface area contributed by atoms with E-state index < -0.39 is 17.2 Å². The van der Waals surface area contributed by atoms with Crippen molar-refractivity contribution in [1.29, 1.82) is 0 Å². The van der Waals surface area contributed by atoms with E-state index in [4.69, 9.17) is 9.42 Å². The number of allylic oxidation sites excluding steroid dienone is 2. The van der Waals surface area contributed by atoms with Crippen molar-refractivity contribution in [2.45, 2.75) is 65.7 Å². The third-order valence-corrected chi connectivity index (χ3v) is 8.14. The largest absolute Gasteiger partial charge is 0.575 e. The summed E-state index contributed by atoms with van der Waals surface area (Å²) in [4.78, 5) is 27.4. The summed E-state index contributed by atoms with van der Waals surface area (Å²) in [5.41, 5.74) is 3.03. The van der Waals surface area contributed by atoms with Crippen LogP contribution in [0.4, 0.5) is 0 Å². The van der Waals surface area contributed by atoms with Crippen molar-refractivity contribution >= 4 is 17.2 Å². The molecule has 2 aliphatic carbocycles. The Labute approximate surface area is 160 Å². The summed E-state index contributed by atoms with van der Waals surface area (Å²) in [7, 11) is -4.88. The van der Waals surface area contributed by atoms with Crippen LogP contribution >= 0.6 is 17.2 Å². The van der Waals surface area contributed by atoms with Gasteiger partial charge in [-0.2, -0.15) is 9.79 Å². The minimum Gasteiger partial charge on any atom is -0.349 e. The molecule has 2 rings (SSSR count). The van der Waals surface area contributed by atoms with Crippen LogP contribution in [0.3, 0.4) is 0 Å². The third-order valence-electron chi connectivity index (χ3n) is 6.38. The Morgan fingerprint density at radius 2 is 2.12 bits per heavy atom. The molecule has 0 aromatic carbocycles. The van der Waals surface area contributed by atoms with Crippen molar-refractivity contribution in [1.82, 2.24) is 0 Å². The Morgan fingerprint density at radius 3 is 2.81 bits per heavy atom. The van der Waals surface area contributed by atoms with Crippen molar-refractivity contribution in [2.75, 3.05) is 6.61 Å². The minimum absolute atomic E-state index is 0.0712. The molecule has 0 amide bonds. The summed E-state index contributed by atoms with van der Waals surface area (Å²) < 4.78 is 9.32. The first-order valence-electron chi connectivity index (χ1n) is 9.56. The lowest BCUT2D eigenvalue weighted by atomic mass is 9.54. The molecule has 150 valence electrons. The molecular weight excluding hydrogens is 370 g/mol. The number of fused-ring (bicyclic) bond motifs is 1. The zero-order valence-corrected chi connectivity index (χ0v) is 18.2. The van der Waals surface area contributed by atoms with Gasteiger partial charge in [-0.15, -0.1) is 8.83 Å². The highest BCUT2D eigenvalue weighted by Gasteiger charge is 2.44. The fourth-order valence-electron chi connectivity index (χ4n) is 4.93. The summed E-state index contributed by atoms with van der Waals surface area (Å²) >= 11 is 0. The second-order valence-corrected chi connectivity index (χ2v) is 10.7. The highest BCUT2D eigenvalue weighted by Crippen LogP contribution is 2.56. The Morgan fingerprint density at radius 1 is 1.38 bits per heavy atom. The molecule has 7 heteroatoms. The lowest BCUT2D eigenvalue weighted by Gasteiger charge is -2.51. The molecule has 0 heterocycles. The van der Waals surface area contributed by atoms with E-state index in [1.165, 1.54) is 36.8 Å². The van der Waals surface area contributed by atoms with Gasteiger partial charge in [-0.1, -0.05) is 44.1 Å². The van der Waals surface area contributed by atoms with E-state index in [1.807, 2.05) is 13.0 Å². The Hall–Kier alpha value is 0.140. The van der Waals surface area contributed by atoms with Crippen molar-refractivity contribution in [3.8, 4) is 0 Å². The summed E-state index contributed by atoms with van der Waals surface area (Å²) in [5.74, 6) is 2.17. The van der Waals surface area contributed by atoms with Gasteiger partial charge >= 0.3 is 8.17 Å². The molecule has 4 atom stereocenters. The number of rotatable bonds is 8. The molecule has 0 radical (unpaired) electrons. The number of hydrogen-bond donors (Lipinski definition) is 3. The maximum atomic E-state index is 9.40. The average Bonchev–Trinajstić information content (AvgIpc) is 2.53. The van der Waals surface area contributed by atoms with Crippen molar-refractivity contribution in [3.05, 3.63) is 23.8 Å². The van der Waals surface area contributed by atoms with E-state index in [9.17, 15) is 9.79 Å². The summed E-state index contributed by atoms with van der Waals surface area (Å²) in [6.45, 7) is 11.4. The first kappa shape index (κ1) is 22.4. The fourth-order valence-corrected chi connectivity index (χ4v) is 5.84. The van der Waals surface area contributed by atoms with Crippen LogP contribution in [0, 0.1) is 23.2 Å². The molecule has 2 saturated carbocycles. The molecule has 0 spiro atoms. The minimum atomic E-state index is -3.88. The molecule has 2 unspecified atom stereocenters. The van der Waals surface area contributed by atoms with E-state index in [1.54, 1.807) is 0 Å². The van der Waals surface area contributed by atoms with Crippen LogP contribution in [0.15, 0.2) is 23.8 Å². The SMILES string of the molecule is C=C1CC[C@H]2C(CCCC2(C)C)[C@@H]1CCC(C)=CCO[P+](O)(O)OPO. The second-order valence-electron chi connectivity index (χ2n) is 8.51. The van der Waals surface area contributed by atoms with Crippen LogP contribution in [0.5, 0.6) is 0 Å². The van der Waals surface area contributed by atoms with Crippen LogP contribution in [0.2, 0.25) is 0 Å². The average molecular weight is 405 g/mol. The van der Waals surface area contributed by atoms with Gasteiger partial charge in [0.05, 0.1) is 0 Å². The van der Waals surface area contributed by atoms with Crippen molar-refractivity contribution in [2.24, 2.45) is 23.2 Å². The standard InChI is InChI=1S/C19H35O5P2/c1-14(11-13-23-26(21,22)24-25-20)7-9-16-15(2)8-10-18-17(16)6-5-12-19(18,3)4/h11,16-18,20-22,25H,2,5-10,12-13H2,1,3-4H3/q+1/t16-,17?,18+/m1/s1. The highest BCUT2D eigenvalue weighted by atomic mass is 31.3. The highest BCUT2D eigenvalue weighted by molar-refractivity contribution is 7.59. The lowest BCUT2D eigenvalue weighted by Crippen LogP contribution is -2.41. The molecule has 0 aromatic heterocycles. The lowest BCUT2D eigenvalue weighted by molar-refractivity contribution is 0.0228. The Bertz CT molecular complexity index is 518. The maximum Gasteiger partial charge on any atom is 0.575 e. The molecule has 2 fully saturated rings. The predicted octanol–water partition coefficient (Wildman–Crippen LogP) is 5.32. The smallest absolute Gasteiger partial charge is 0.349 e. The Balaban J connectivity index is 1.88. The zero-order chi connectivity index (χ0) is 19.4. The van der Waals surface area contributed by atoms with Gasteiger partial charge in [-0.3, -0.25) is 0 Å². The molecule has 3 N–H and O–H groups in total. The second kappa shape index (κ2) is 9.56. The van der Waals surface area contributed by atoms with Crippen LogP contribution in [-0.4, -0.2) is 21.3 Å². The van der Waals surface area contributed by atoms with Gasteiger partial charge in [-0.05, 0) is 68.6 Å². The first-order chi connectivity index (χ1) is 12.2. The summed E-state index contributed by atoms with van der Waals surface area (Å²) in [6, 6.07) is 0. The van der Waals surface area contributed by atoms with E-state index in [0.717, 1.165) is 31.1 Å². The van der Waals surface area contributed by atoms with E-state index >= 15 is 0 Å². The molecule has 0 aliphatic heterocycles. The van der Waals surface area contributed by atoms with E-state index in [2.05, 4.69) is 24.7 Å². The summed E-state index contributed by atoms with van der Waals surface area (Å²) in [6.07, 6.45) is 10.4. The normalized spacial score (nSPS) is 30.0. The van der Waals surface area contributed by atoms with Crippen molar-refractivity contribution < 1.29 is 23.5 Å². The molecule has 0 aromatic rings. The van der Waals surface area contributed by atoms with Gasteiger partial charge in [0, 0.05) is 0 Å². The van der Waals surface area contributed by atoms with Crippen LogP contribution < -0.4 is 0 Å². The fraction of sp³-hybridized carbons (Fsp3) is 0.789. The maximum absolute atomic E-state index is 9.40. The van der Waals surface area contributed by atoms with Crippen LogP contribution in [-0.2, 0) is 8.83 Å². The van der Waals surface area contributed by atoms with Gasteiger partial charge < -0.3 is 4.89 Å². The molecule has 0 saturated heterocycles.